The molecule has 1 aliphatic heterocycles. The van der Waals surface area contributed by atoms with Gasteiger partial charge in [-0.05, 0) is 61.2 Å². The first-order valence-electron chi connectivity index (χ1n) is 13.1. The normalized spacial score (nSPS) is 16.3. The second-order valence-corrected chi connectivity index (χ2v) is 10.1. The van der Waals surface area contributed by atoms with Crippen LogP contribution < -0.4 is 15.0 Å². The van der Waals surface area contributed by atoms with Crippen molar-refractivity contribution in [2.45, 2.75) is 45.6 Å². The zero-order valence-electron chi connectivity index (χ0n) is 22.1. The van der Waals surface area contributed by atoms with Crippen molar-refractivity contribution in [2.75, 3.05) is 44.7 Å². The molecule has 9 heteroatoms. The number of nitrogens with zero attached hydrogens (tertiary/aromatic N) is 5. The largest absolute Gasteiger partial charge is 0.507 e. The van der Waals surface area contributed by atoms with Gasteiger partial charge in [-0.15, -0.1) is 10.2 Å². The minimum atomic E-state index is -0.266. The number of rotatable bonds is 8. The molecule has 0 radical (unpaired) electrons. The minimum absolute atomic E-state index is 0.0227. The molecule has 37 heavy (non-hydrogen) atoms. The molecular weight excluding hydrogens is 468 g/mol. The van der Waals surface area contributed by atoms with E-state index in [1.807, 2.05) is 18.2 Å². The Bertz CT molecular complexity index is 1260. The summed E-state index contributed by atoms with van der Waals surface area (Å²) >= 11 is 0. The van der Waals surface area contributed by atoms with Gasteiger partial charge in [0.15, 0.2) is 5.82 Å². The van der Waals surface area contributed by atoms with Gasteiger partial charge in [0.05, 0.1) is 12.7 Å². The number of likely N-dealkylation sites (N-methyl/N-ethyl adjacent to an activating group) is 1. The number of amides is 1. The molecule has 0 unspecified atom stereocenters. The van der Waals surface area contributed by atoms with E-state index >= 15 is 0 Å². The number of piperazine rings is 1. The fourth-order valence-corrected chi connectivity index (χ4v) is 4.86. The van der Waals surface area contributed by atoms with E-state index < -0.39 is 0 Å². The molecule has 0 atom stereocenters. The fraction of sp³-hybridized carbons (Fsp3) is 0.464. The molecule has 1 aliphatic carbocycles. The SMILES string of the molecule is CCN1CCN(c2ccc(-n3c(C(=O)NC4CC4)nnc3-c3cc(C(C)C)c(OC)cc3O)cc2)CC1. The van der Waals surface area contributed by atoms with E-state index in [0.717, 1.165) is 62.5 Å². The van der Waals surface area contributed by atoms with Crippen LogP contribution in [0, 0.1) is 0 Å². The van der Waals surface area contributed by atoms with Crippen LogP contribution in [0.1, 0.15) is 55.7 Å². The molecule has 1 saturated heterocycles. The Morgan fingerprint density at radius 1 is 1.08 bits per heavy atom. The van der Waals surface area contributed by atoms with Gasteiger partial charge >= 0.3 is 0 Å². The van der Waals surface area contributed by atoms with Gasteiger partial charge in [0.1, 0.15) is 11.5 Å². The standard InChI is InChI=1S/C28H36N6O3/c1-5-32-12-14-33(15-13-32)20-8-10-21(11-9-20)34-26(30-31-27(34)28(36)29-19-6-7-19)23-16-22(18(2)3)25(37-4)17-24(23)35/h8-11,16-19,35H,5-7,12-15H2,1-4H3,(H,29,36). The highest BCUT2D eigenvalue weighted by molar-refractivity contribution is 5.92. The minimum Gasteiger partial charge on any atom is -0.507 e. The third-order valence-corrected chi connectivity index (χ3v) is 7.28. The highest BCUT2D eigenvalue weighted by atomic mass is 16.5. The lowest BCUT2D eigenvalue weighted by Crippen LogP contribution is -2.46. The van der Waals surface area contributed by atoms with E-state index in [1.54, 1.807) is 17.7 Å². The third-order valence-electron chi connectivity index (χ3n) is 7.28. The molecule has 5 rings (SSSR count). The van der Waals surface area contributed by atoms with E-state index in [4.69, 9.17) is 4.74 Å². The number of benzene rings is 2. The van der Waals surface area contributed by atoms with Gasteiger partial charge in [-0.1, -0.05) is 20.8 Å². The number of hydrogen-bond acceptors (Lipinski definition) is 7. The molecule has 1 aromatic heterocycles. The molecular formula is C28H36N6O3. The summed E-state index contributed by atoms with van der Waals surface area (Å²) in [5.41, 5.74) is 3.35. The Morgan fingerprint density at radius 3 is 2.35 bits per heavy atom. The van der Waals surface area contributed by atoms with E-state index in [2.05, 4.69) is 58.2 Å². The van der Waals surface area contributed by atoms with Crippen molar-refractivity contribution in [1.82, 2.24) is 25.0 Å². The smallest absolute Gasteiger partial charge is 0.289 e. The van der Waals surface area contributed by atoms with Crippen LogP contribution in [-0.2, 0) is 0 Å². The monoisotopic (exact) mass is 504 g/mol. The maximum Gasteiger partial charge on any atom is 0.289 e. The van der Waals surface area contributed by atoms with Crippen LogP contribution in [0.3, 0.4) is 0 Å². The summed E-state index contributed by atoms with van der Waals surface area (Å²) in [6, 6.07) is 11.8. The van der Waals surface area contributed by atoms with Crippen molar-refractivity contribution in [3.8, 4) is 28.6 Å². The molecule has 2 heterocycles. The average Bonchev–Trinajstić information content (AvgIpc) is 3.62. The summed E-state index contributed by atoms with van der Waals surface area (Å²) in [5, 5.41) is 22.6. The average molecular weight is 505 g/mol. The predicted molar refractivity (Wildman–Crippen MR) is 144 cm³/mol. The van der Waals surface area contributed by atoms with E-state index in [-0.39, 0.29) is 29.4 Å². The molecule has 2 N–H and O–H groups in total. The lowest BCUT2D eigenvalue weighted by molar-refractivity contribution is 0.0938. The Kier molecular flexibility index (Phi) is 7.06. The number of carbonyl (C=O) groups is 1. The van der Waals surface area contributed by atoms with Gasteiger partial charge in [0, 0.05) is 49.7 Å². The van der Waals surface area contributed by atoms with Gasteiger partial charge in [-0.25, -0.2) is 0 Å². The van der Waals surface area contributed by atoms with Crippen molar-refractivity contribution in [3.05, 3.63) is 47.8 Å². The molecule has 0 spiro atoms. The Hall–Kier alpha value is -3.59. The molecule has 2 aromatic carbocycles. The number of hydrogen-bond donors (Lipinski definition) is 2. The van der Waals surface area contributed by atoms with Gasteiger partial charge in [-0.3, -0.25) is 9.36 Å². The van der Waals surface area contributed by atoms with Crippen molar-refractivity contribution in [1.29, 1.82) is 0 Å². The van der Waals surface area contributed by atoms with E-state index in [1.165, 1.54) is 0 Å². The van der Waals surface area contributed by atoms with Crippen molar-refractivity contribution < 1.29 is 14.6 Å². The van der Waals surface area contributed by atoms with Crippen LogP contribution in [0.15, 0.2) is 36.4 Å². The first-order valence-corrected chi connectivity index (χ1v) is 13.1. The zero-order chi connectivity index (χ0) is 26.1. The van der Waals surface area contributed by atoms with Gasteiger partial charge in [-0.2, -0.15) is 0 Å². The Morgan fingerprint density at radius 2 is 1.76 bits per heavy atom. The van der Waals surface area contributed by atoms with Crippen LogP contribution in [0.4, 0.5) is 5.69 Å². The second-order valence-electron chi connectivity index (χ2n) is 10.1. The zero-order valence-corrected chi connectivity index (χ0v) is 22.1. The van der Waals surface area contributed by atoms with Crippen LogP contribution in [0.5, 0.6) is 11.5 Å². The van der Waals surface area contributed by atoms with Gasteiger partial charge in [0.25, 0.3) is 5.91 Å². The summed E-state index contributed by atoms with van der Waals surface area (Å²) in [7, 11) is 1.59. The molecule has 0 bridgehead atoms. The summed E-state index contributed by atoms with van der Waals surface area (Å²) in [5.74, 6) is 1.14. The summed E-state index contributed by atoms with van der Waals surface area (Å²) in [6.45, 7) is 11.5. The molecule has 1 amide bonds. The number of carbonyl (C=O) groups excluding carboxylic acids is 1. The highest BCUT2D eigenvalue weighted by Crippen LogP contribution is 2.39. The first kappa shape index (κ1) is 25.1. The maximum atomic E-state index is 13.1. The third kappa shape index (κ3) is 5.13. The summed E-state index contributed by atoms with van der Waals surface area (Å²) < 4.78 is 7.24. The van der Waals surface area contributed by atoms with Gasteiger partial charge < -0.3 is 25.0 Å². The lowest BCUT2D eigenvalue weighted by Gasteiger charge is -2.35. The summed E-state index contributed by atoms with van der Waals surface area (Å²) in [4.78, 5) is 18.0. The number of phenols is 1. The van der Waals surface area contributed by atoms with Crippen LogP contribution in [0.2, 0.25) is 0 Å². The van der Waals surface area contributed by atoms with Crippen molar-refractivity contribution in [3.63, 3.8) is 0 Å². The quantitative estimate of drug-likeness (QED) is 0.482. The van der Waals surface area contributed by atoms with E-state index in [0.29, 0.717) is 17.1 Å². The van der Waals surface area contributed by atoms with Crippen LogP contribution >= 0.6 is 0 Å². The number of nitrogens with one attached hydrogen (secondary N) is 1. The number of aromatic nitrogens is 3. The number of phenolic OH excluding ortho intramolecular Hbond substituents is 1. The van der Waals surface area contributed by atoms with Crippen LogP contribution in [-0.4, -0.2) is 76.6 Å². The van der Waals surface area contributed by atoms with Crippen LogP contribution in [0.25, 0.3) is 17.1 Å². The Labute approximate surface area is 218 Å². The molecule has 3 aromatic rings. The second kappa shape index (κ2) is 10.4. The van der Waals surface area contributed by atoms with Crippen molar-refractivity contribution in [2.24, 2.45) is 0 Å². The number of ether oxygens (including phenoxy) is 1. The van der Waals surface area contributed by atoms with Crippen molar-refractivity contribution >= 4 is 11.6 Å². The first-order chi connectivity index (χ1) is 17.9. The lowest BCUT2D eigenvalue weighted by atomic mass is 9.98. The predicted octanol–water partition coefficient (Wildman–Crippen LogP) is 3.81. The molecule has 2 fully saturated rings. The highest BCUT2D eigenvalue weighted by Gasteiger charge is 2.29. The number of aromatic hydroxyl groups is 1. The molecule has 9 nitrogen and oxygen atoms in total. The number of methoxy groups -OCH3 is 1. The topological polar surface area (TPSA) is 95.8 Å². The Balaban J connectivity index is 1.55. The number of anilines is 1. The summed E-state index contributed by atoms with van der Waals surface area (Å²) in [6.07, 6.45) is 1.95. The van der Waals surface area contributed by atoms with E-state index in [9.17, 15) is 9.90 Å². The molecule has 1 saturated carbocycles. The fourth-order valence-electron chi connectivity index (χ4n) is 4.86. The molecule has 196 valence electrons. The van der Waals surface area contributed by atoms with Gasteiger partial charge in [0.2, 0.25) is 5.82 Å². The molecule has 2 aliphatic rings. The maximum absolute atomic E-state index is 13.1.